The van der Waals surface area contributed by atoms with Crippen molar-refractivity contribution < 1.29 is 27.5 Å². The summed E-state index contributed by atoms with van der Waals surface area (Å²) in [5, 5.41) is 0.993. The first-order valence-electron chi connectivity index (χ1n) is 11.9. The molecule has 10 heteroatoms. The summed E-state index contributed by atoms with van der Waals surface area (Å²) in [5.41, 5.74) is 1.26. The lowest BCUT2D eigenvalue weighted by Gasteiger charge is -2.51. The zero-order valence-corrected chi connectivity index (χ0v) is 22.4. The first-order chi connectivity index (χ1) is 17.5. The number of amides is 1. The van der Waals surface area contributed by atoms with E-state index in [1.165, 1.54) is 31.2 Å². The van der Waals surface area contributed by atoms with E-state index >= 15 is 0 Å². The van der Waals surface area contributed by atoms with Gasteiger partial charge in [0.25, 0.3) is 0 Å². The molecule has 2 heterocycles. The number of nitrogens with zero attached hydrogens (tertiary/aromatic N) is 3. The highest BCUT2D eigenvalue weighted by Crippen LogP contribution is 2.34. The van der Waals surface area contributed by atoms with Crippen LogP contribution in [0.1, 0.15) is 25.1 Å². The smallest absolute Gasteiger partial charge is 0.331 e. The van der Waals surface area contributed by atoms with Crippen LogP contribution in [0.5, 0.6) is 5.75 Å². The third-order valence-electron chi connectivity index (χ3n) is 6.68. The van der Waals surface area contributed by atoms with Gasteiger partial charge in [-0.2, -0.15) is 4.31 Å². The Morgan fingerprint density at radius 2 is 1.76 bits per heavy atom. The molecule has 0 bridgehead atoms. The normalized spacial score (nSPS) is 15.1. The Labute approximate surface area is 217 Å². The molecule has 1 saturated heterocycles. The van der Waals surface area contributed by atoms with Gasteiger partial charge in [0.1, 0.15) is 12.4 Å². The summed E-state index contributed by atoms with van der Waals surface area (Å²) in [5.74, 6) is -0.616. The highest BCUT2D eigenvalue weighted by atomic mass is 32.2. The molecule has 3 aromatic rings. The number of sulfonamides is 1. The van der Waals surface area contributed by atoms with Crippen LogP contribution in [0.3, 0.4) is 0 Å². The molecule has 1 aliphatic rings. The molecule has 196 valence electrons. The van der Waals surface area contributed by atoms with Crippen molar-refractivity contribution >= 4 is 32.8 Å². The molecule has 2 aromatic carbocycles. The van der Waals surface area contributed by atoms with E-state index < -0.39 is 21.5 Å². The number of methoxy groups -OCH3 is 1. The minimum atomic E-state index is -4.07. The molecule has 0 saturated carbocycles. The van der Waals surface area contributed by atoms with Gasteiger partial charge in [-0.05, 0) is 43.3 Å². The maximum atomic E-state index is 13.4. The fourth-order valence-electron chi connectivity index (χ4n) is 4.52. The molecule has 0 spiro atoms. The third kappa shape index (κ3) is 4.91. The number of hydrogen-bond acceptors (Lipinski definition) is 7. The number of esters is 1. The van der Waals surface area contributed by atoms with Gasteiger partial charge in [-0.15, -0.1) is 0 Å². The van der Waals surface area contributed by atoms with Gasteiger partial charge in [0, 0.05) is 29.6 Å². The van der Waals surface area contributed by atoms with Gasteiger partial charge in [0.15, 0.2) is 5.54 Å². The highest BCUT2D eigenvalue weighted by Gasteiger charge is 2.58. The summed E-state index contributed by atoms with van der Waals surface area (Å²) in [7, 11) is -1.53. The SMILES string of the molecule is COC(=O)C1(N(C)S(=O)(=O)c2ccc(OCc3cc(C)nc4ccccc34)cc2)CN(C(=O)C(C)C)C1. The molecule has 9 nitrogen and oxygen atoms in total. The number of para-hydroxylation sites is 1. The molecule has 0 N–H and O–H groups in total. The number of likely N-dealkylation sites (N-methyl/N-ethyl adjacent to an activating group) is 1. The number of rotatable bonds is 8. The molecule has 0 atom stereocenters. The first-order valence-corrected chi connectivity index (χ1v) is 13.4. The fraction of sp³-hybridized carbons (Fsp3) is 0.370. The standard InChI is InChI=1S/C27H31N3O6S/c1-18(2)25(31)30-16-27(17-30,26(32)35-5)29(4)37(33,34)22-12-10-21(11-13-22)36-15-20-14-19(3)28-24-9-7-6-8-23(20)24/h6-14,18H,15-17H2,1-5H3. The number of carbonyl (C=O) groups excluding carboxylic acids is 2. The van der Waals surface area contributed by atoms with Crippen LogP contribution in [0.25, 0.3) is 10.9 Å². The molecule has 1 aliphatic heterocycles. The average molecular weight is 526 g/mol. The lowest BCUT2D eigenvalue weighted by Crippen LogP contribution is -2.75. The van der Waals surface area contributed by atoms with Crippen molar-refractivity contribution in [2.24, 2.45) is 5.92 Å². The van der Waals surface area contributed by atoms with Gasteiger partial charge >= 0.3 is 5.97 Å². The number of benzene rings is 2. The third-order valence-corrected chi connectivity index (χ3v) is 8.62. The Bertz CT molecular complexity index is 1430. The highest BCUT2D eigenvalue weighted by molar-refractivity contribution is 7.89. The Balaban J connectivity index is 1.51. The van der Waals surface area contributed by atoms with E-state index in [1.807, 2.05) is 37.3 Å². The predicted molar refractivity (Wildman–Crippen MR) is 138 cm³/mol. The number of aryl methyl sites for hydroxylation is 1. The maximum Gasteiger partial charge on any atom is 0.331 e. The van der Waals surface area contributed by atoms with E-state index in [2.05, 4.69) is 4.98 Å². The second-order valence-electron chi connectivity index (χ2n) is 9.54. The number of aromatic nitrogens is 1. The van der Waals surface area contributed by atoms with E-state index in [9.17, 15) is 18.0 Å². The monoisotopic (exact) mass is 525 g/mol. The number of pyridine rings is 1. The summed E-state index contributed by atoms with van der Waals surface area (Å²) in [6, 6.07) is 15.8. The van der Waals surface area contributed by atoms with Crippen molar-refractivity contribution in [1.29, 1.82) is 0 Å². The molecule has 37 heavy (non-hydrogen) atoms. The predicted octanol–water partition coefficient (Wildman–Crippen LogP) is 3.15. The number of carbonyl (C=O) groups is 2. The van der Waals surface area contributed by atoms with Crippen molar-refractivity contribution in [2.75, 3.05) is 27.2 Å². The number of likely N-dealkylation sites (tertiary alicyclic amines) is 1. The summed E-state index contributed by atoms with van der Waals surface area (Å²) in [6.45, 7) is 5.60. The summed E-state index contributed by atoms with van der Waals surface area (Å²) < 4.78 is 38.8. The molecular weight excluding hydrogens is 494 g/mol. The molecular formula is C27H31N3O6S. The first kappa shape index (κ1) is 26.6. The topological polar surface area (TPSA) is 106 Å². The molecule has 4 rings (SSSR count). The van der Waals surface area contributed by atoms with Crippen LogP contribution in [0.4, 0.5) is 0 Å². The van der Waals surface area contributed by atoms with Crippen LogP contribution in [0.2, 0.25) is 0 Å². The van der Waals surface area contributed by atoms with E-state index in [4.69, 9.17) is 9.47 Å². The molecule has 0 unspecified atom stereocenters. The average Bonchev–Trinajstić information content (AvgIpc) is 2.86. The molecule has 0 aliphatic carbocycles. The van der Waals surface area contributed by atoms with Gasteiger partial charge < -0.3 is 14.4 Å². The van der Waals surface area contributed by atoms with E-state index in [0.29, 0.717) is 12.4 Å². The Morgan fingerprint density at radius 3 is 2.38 bits per heavy atom. The molecule has 0 radical (unpaired) electrons. The number of fused-ring (bicyclic) bond motifs is 1. The van der Waals surface area contributed by atoms with Crippen molar-refractivity contribution in [3.63, 3.8) is 0 Å². The van der Waals surface area contributed by atoms with Gasteiger partial charge in [-0.1, -0.05) is 32.0 Å². The van der Waals surface area contributed by atoms with Crippen LogP contribution in [0, 0.1) is 12.8 Å². The van der Waals surface area contributed by atoms with Crippen molar-refractivity contribution in [1.82, 2.24) is 14.2 Å². The van der Waals surface area contributed by atoms with Gasteiger partial charge in [-0.3, -0.25) is 9.78 Å². The van der Waals surface area contributed by atoms with Crippen LogP contribution in [-0.2, 0) is 31.0 Å². The van der Waals surface area contributed by atoms with Crippen LogP contribution in [-0.4, -0.2) is 67.3 Å². The van der Waals surface area contributed by atoms with Gasteiger partial charge in [0.05, 0.1) is 30.6 Å². The van der Waals surface area contributed by atoms with E-state index in [1.54, 1.807) is 26.0 Å². The minimum absolute atomic E-state index is 0.00414. The maximum absolute atomic E-state index is 13.4. The van der Waals surface area contributed by atoms with Gasteiger partial charge in [0.2, 0.25) is 15.9 Å². The quantitative estimate of drug-likeness (QED) is 0.416. The summed E-state index contributed by atoms with van der Waals surface area (Å²) in [6.07, 6.45) is 0. The van der Waals surface area contributed by atoms with Crippen molar-refractivity contribution in [3.8, 4) is 5.75 Å². The molecule has 1 amide bonds. The number of ether oxygens (including phenoxy) is 2. The fourth-order valence-corrected chi connectivity index (χ4v) is 5.97. The lowest BCUT2D eigenvalue weighted by atomic mass is 9.88. The minimum Gasteiger partial charge on any atom is -0.489 e. The van der Waals surface area contributed by atoms with Crippen LogP contribution in [0.15, 0.2) is 59.5 Å². The molecule has 1 fully saturated rings. The number of hydrogen-bond donors (Lipinski definition) is 0. The van der Waals surface area contributed by atoms with Crippen LogP contribution >= 0.6 is 0 Å². The summed E-state index contributed by atoms with van der Waals surface area (Å²) >= 11 is 0. The zero-order valence-electron chi connectivity index (χ0n) is 21.6. The summed E-state index contributed by atoms with van der Waals surface area (Å²) in [4.78, 5) is 31.0. The zero-order chi connectivity index (χ0) is 27.0. The Morgan fingerprint density at radius 1 is 1.11 bits per heavy atom. The lowest BCUT2D eigenvalue weighted by molar-refractivity contribution is -0.167. The van der Waals surface area contributed by atoms with E-state index in [0.717, 1.165) is 26.5 Å². The second-order valence-corrected chi connectivity index (χ2v) is 11.5. The van der Waals surface area contributed by atoms with Crippen molar-refractivity contribution in [2.45, 2.75) is 37.8 Å². The van der Waals surface area contributed by atoms with Crippen LogP contribution < -0.4 is 4.74 Å². The van der Waals surface area contributed by atoms with Gasteiger partial charge in [-0.25, -0.2) is 13.2 Å². The Hall–Kier alpha value is -3.50. The molecule has 1 aromatic heterocycles. The second kappa shape index (κ2) is 10.1. The van der Waals surface area contributed by atoms with Crippen molar-refractivity contribution in [3.05, 3.63) is 65.9 Å². The van der Waals surface area contributed by atoms with E-state index in [-0.39, 0.29) is 29.8 Å². The Kier molecular flexibility index (Phi) is 7.25. The largest absolute Gasteiger partial charge is 0.489 e.